The molecule has 0 aromatic heterocycles. The zero-order chi connectivity index (χ0) is 10.4. The number of hydrogen-bond donors (Lipinski definition) is 0. The third kappa shape index (κ3) is 5.84. The molecule has 1 heterocycles. The summed E-state index contributed by atoms with van der Waals surface area (Å²) < 4.78 is 4.08. The van der Waals surface area contributed by atoms with Crippen molar-refractivity contribution in [2.75, 3.05) is 14.1 Å². The van der Waals surface area contributed by atoms with Gasteiger partial charge in [-0.05, 0) is 0 Å². The highest BCUT2D eigenvalue weighted by atomic mass is 16.6. The van der Waals surface area contributed by atoms with Gasteiger partial charge in [0.25, 0.3) is 0 Å². The van der Waals surface area contributed by atoms with Gasteiger partial charge in [0, 0.05) is 21.0 Å². The fraction of sp³-hybridized carbons (Fsp3) is 0.625. The highest BCUT2D eigenvalue weighted by Gasteiger charge is 2.19. The van der Waals surface area contributed by atoms with Crippen molar-refractivity contribution in [3.05, 3.63) is 0 Å². The largest absolute Gasteiger partial charge is 0.393 e. The molecule has 0 unspecified atom stereocenters. The van der Waals surface area contributed by atoms with Gasteiger partial charge in [-0.2, -0.15) is 0 Å². The average molecular weight is 187 g/mol. The molecule has 1 fully saturated rings. The smallest absolute Gasteiger partial charge is 0.314 e. The number of ether oxygens (including phenoxy) is 1. The maximum atomic E-state index is 10.1. The van der Waals surface area contributed by atoms with Gasteiger partial charge in [0.15, 0.2) is 0 Å². The summed E-state index contributed by atoms with van der Waals surface area (Å²) in [6.07, 6.45) is 0.525. The topological polar surface area (TPSA) is 63.7 Å². The van der Waals surface area contributed by atoms with Gasteiger partial charge < -0.3 is 9.64 Å². The molecular weight excluding hydrogens is 174 g/mol. The van der Waals surface area contributed by atoms with Crippen LogP contribution in [-0.2, 0) is 19.1 Å². The van der Waals surface area contributed by atoms with Crippen molar-refractivity contribution in [3.8, 4) is 0 Å². The van der Waals surface area contributed by atoms with Crippen molar-refractivity contribution in [1.29, 1.82) is 0 Å². The van der Waals surface area contributed by atoms with Crippen LogP contribution in [0.3, 0.4) is 0 Å². The second-order valence-electron chi connectivity index (χ2n) is 2.76. The molecule has 0 aromatic rings. The fourth-order valence-electron chi connectivity index (χ4n) is 0.433. The summed E-state index contributed by atoms with van der Waals surface area (Å²) in [6.45, 7) is 1.53. The first kappa shape index (κ1) is 11.6. The van der Waals surface area contributed by atoms with E-state index in [1.165, 1.54) is 11.8 Å². The highest BCUT2D eigenvalue weighted by Crippen LogP contribution is 2.03. The fourth-order valence-corrected chi connectivity index (χ4v) is 0.433. The Morgan fingerprint density at radius 1 is 1.23 bits per heavy atom. The second kappa shape index (κ2) is 5.29. The second-order valence-corrected chi connectivity index (χ2v) is 2.76. The minimum absolute atomic E-state index is 0.0926. The minimum Gasteiger partial charge on any atom is -0.393 e. The predicted molar refractivity (Wildman–Crippen MR) is 44.7 cm³/mol. The van der Waals surface area contributed by atoms with E-state index in [1.54, 1.807) is 14.1 Å². The Balaban J connectivity index is 0.000000226. The summed E-state index contributed by atoms with van der Waals surface area (Å²) >= 11 is 0. The maximum Gasteiger partial charge on any atom is 0.314 e. The van der Waals surface area contributed by atoms with Crippen LogP contribution >= 0.6 is 0 Å². The predicted octanol–water partition coefficient (Wildman–Crippen LogP) is -0.0555. The molecule has 0 aliphatic carbocycles. The number of rotatable bonds is 0. The number of amides is 1. The third-order valence-electron chi connectivity index (χ3n) is 1.39. The Hall–Kier alpha value is -1.39. The summed E-state index contributed by atoms with van der Waals surface area (Å²) in [6, 6.07) is 0. The monoisotopic (exact) mass is 187 g/mol. The van der Waals surface area contributed by atoms with Gasteiger partial charge in [-0.15, -0.1) is 0 Å². The summed E-state index contributed by atoms with van der Waals surface area (Å²) in [5.41, 5.74) is 0. The Bertz CT molecular complexity index is 208. The van der Waals surface area contributed by atoms with E-state index in [0.717, 1.165) is 0 Å². The summed E-state index contributed by atoms with van der Waals surface area (Å²) in [5.74, 6) is -0.704. The van der Waals surface area contributed by atoms with Crippen LogP contribution < -0.4 is 0 Å². The lowest BCUT2D eigenvalue weighted by Gasteiger charge is -2.02. The quantitative estimate of drug-likeness (QED) is 0.394. The molecule has 0 bridgehead atoms. The van der Waals surface area contributed by atoms with Crippen LogP contribution in [0.4, 0.5) is 0 Å². The summed E-state index contributed by atoms with van der Waals surface area (Å²) in [7, 11) is 3.45. The van der Waals surface area contributed by atoms with Crippen molar-refractivity contribution in [3.63, 3.8) is 0 Å². The molecule has 1 saturated heterocycles. The van der Waals surface area contributed by atoms with Gasteiger partial charge in [0.2, 0.25) is 5.91 Å². The molecule has 5 heteroatoms. The Morgan fingerprint density at radius 3 is 1.62 bits per heavy atom. The van der Waals surface area contributed by atoms with Crippen LogP contribution in [-0.4, -0.2) is 36.8 Å². The van der Waals surface area contributed by atoms with E-state index in [4.69, 9.17) is 0 Å². The van der Waals surface area contributed by atoms with Crippen LogP contribution in [0.2, 0.25) is 0 Å². The first-order chi connectivity index (χ1) is 5.93. The normalized spacial score (nSPS) is 14.4. The van der Waals surface area contributed by atoms with Crippen LogP contribution in [0, 0.1) is 0 Å². The molecule has 0 aromatic carbocycles. The van der Waals surface area contributed by atoms with Crippen molar-refractivity contribution < 1.29 is 19.1 Å². The molecule has 5 nitrogen and oxygen atoms in total. The lowest BCUT2D eigenvalue weighted by Crippen LogP contribution is -2.17. The standard InChI is InChI=1S/C4H9NO.C4H4O3/c1-4(6)5(2)3;5-3-1-2-4(6)7-3/h1-3H3;1-2H2. The number of carbonyl (C=O) groups excluding carboxylic acids is 3. The number of esters is 2. The zero-order valence-corrected chi connectivity index (χ0v) is 7.99. The van der Waals surface area contributed by atoms with Gasteiger partial charge >= 0.3 is 11.9 Å². The summed E-state index contributed by atoms with van der Waals surface area (Å²) in [5, 5.41) is 0. The van der Waals surface area contributed by atoms with Crippen molar-refractivity contribution >= 4 is 17.8 Å². The van der Waals surface area contributed by atoms with Crippen LogP contribution in [0.15, 0.2) is 0 Å². The van der Waals surface area contributed by atoms with Crippen LogP contribution in [0.1, 0.15) is 19.8 Å². The first-order valence-electron chi connectivity index (χ1n) is 3.85. The molecule has 0 atom stereocenters. The molecule has 0 saturated carbocycles. The van der Waals surface area contributed by atoms with E-state index in [9.17, 15) is 14.4 Å². The molecule has 1 aliphatic rings. The molecule has 1 rings (SSSR count). The molecule has 1 amide bonds. The maximum absolute atomic E-state index is 10.1. The van der Waals surface area contributed by atoms with Crippen molar-refractivity contribution in [1.82, 2.24) is 4.90 Å². The Labute approximate surface area is 76.7 Å². The van der Waals surface area contributed by atoms with E-state index in [0.29, 0.717) is 0 Å². The number of cyclic esters (lactones) is 2. The van der Waals surface area contributed by atoms with E-state index in [-0.39, 0.29) is 18.7 Å². The average Bonchev–Trinajstić information content (AvgIpc) is 2.35. The Morgan fingerprint density at radius 2 is 1.54 bits per heavy atom. The van der Waals surface area contributed by atoms with Crippen molar-refractivity contribution in [2.45, 2.75) is 19.8 Å². The third-order valence-corrected chi connectivity index (χ3v) is 1.39. The lowest BCUT2D eigenvalue weighted by molar-refractivity contribution is -0.152. The number of hydrogen-bond acceptors (Lipinski definition) is 4. The van der Waals surface area contributed by atoms with Gasteiger partial charge in [-0.1, -0.05) is 0 Å². The molecule has 0 radical (unpaired) electrons. The minimum atomic E-state index is -0.398. The molecule has 1 aliphatic heterocycles. The van der Waals surface area contributed by atoms with Crippen LogP contribution in [0.5, 0.6) is 0 Å². The van der Waals surface area contributed by atoms with Crippen LogP contribution in [0.25, 0.3) is 0 Å². The zero-order valence-electron chi connectivity index (χ0n) is 7.99. The lowest BCUT2D eigenvalue weighted by atomic mass is 10.4. The van der Waals surface area contributed by atoms with Gasteiger partial charge in [-0.25, -0.2) is 0 Å². The summed E-state index contributed by atoms with van der Waals surface area (Å²) in [4.78, 5) is 31.6. The van der Waals surface area contributed by atoms with Gasteiger partial charge in [0.05, 0.1) is 12.8 Å². The van der Waals surface area contributed by atoms with Gasteiger partial charge in [-0.3, -0.25) is 14.4 Å². The van der Waals surface area contributed by atoms with E-state index in [2.05, 4.69) is 4.74 Å². The molecular formula is C8H13NO4. The first-order valence-corrected chi connectivity index (χ1v) is 3.85. The van der Waals surface area contributed by atoms with E-state index < -0.39 is 11.9 Å². The van der Waals surface area contributed by atoms with E-state index >= 15 is 0 Å². The number of nitrogens with zero attached hydrogens (tertiary/aromatic N) is 1. The SMILES string of the molecule is CC(=O)N(C)C.O=C1CCC(=O)O1. The van der Waals surface area contributed by atoms with E-state index in [1.807, 2.05) is 0 Å². The molecule has 13 heavy (non-hydrogen) atoms. The molecule has 0 spiro atoms. The highest BCUT2D eigenvalue weighted by molar-refractivity contribution is 5.92. The number of carbonyl (C=O) groups is 3. The molecule has 74 valence electrons. The molecule has 0 N–H and O–H groups in total. The van der Waals surface area contributed by atoms with Gasteiger partial charge in [0.1, 0.15) is 0 Å². The van der Waals surface area contributed by atoms with Crippen molar-refractivity contribution in [2.24, 2.45) is 0 Å². The Kier molecular flexibility index (Phi) is 4.72.